The van der Waals surface area contributed by atoms with Crippen molar-refractivity contribution >= 4 is 5.91 Å². The Bertz CT molecular complexity index is 1560. The summed E-state index contributed by atoms with van der Waals surface area (Å²) in [4.78, 5) is 12.5. The molecule has 0 aliphatic heterocycles. The van der Waals surface area contributed by atoms with E-state index in [9.17, 15) is 15.0 Å². The molecule has 466 valence electrons. The van der Waals surface area contributed by atoms with E-state index in [1.807, 2.05) is 6.08 Å². The van der Waals surface area contributed by atoms with Gasteiger partial charge in [0.2, 0.25) is 5.91 Å². The van der Waals surface area contributed by atoms with Gasteiger partial charge in [0.1, 0.15) is 0 Å². The van der Waals surface area contributed by atoms with E-state index in [0.717, 1.165) is 89.9 Å². The van der Waals surface area contributed by atoms with Gasteiger partial charge in [-0.1, -0.05) is 367 Å². The molecule has 0 heterocycles. The third kappa shape index (κ3) is 67.5. The molecule has 0 bridgehead atoms. The molecule has 81 heavy (non-hydrogen) atoms. The Labute approximate surface area is 505 Å². The highest BCUT2D eigenvalue weighted by atomic mass is 16.3. The summed E-state index contributed by atoms with van der Waals surface area (Å²) in [5, 5.41) is 23.3. The zero-order valence-electron chi connectivity index (χ0n) is 53.8. The van der Waals surface area contributed by atoms with Gasteiger partial charge in [0.25, 0.3) is 0 Å². The molecular formula is C77H135NO3. The summed E-state index contributed by atoms with van der Waals surface area (Å²) in [6.45, 7) is 4.22. The molecule has 3 N–H and O–H groups in total. The second kappa shape index (κ2) is 71.1. The average molecular weight is 1120 g/mol. The van der Waals surface area contributed by atoms with Crippen LogP contribution in [0.15, 0.2) is 122 Å². The summed E-state index contributed by atoms with van der Waals surface area (Å²) in [6, 6.07) is -0.636. The largest absolute Gasteiger partial charge is 0.394 e. The standard InChI is InChI=1S/C77H135NO3/c1-3-5-7-9-11-13-15-17-19-21-23-25-27-29-31-33-35-37-38-39-40-41-43-45-47-49-51-53-55-57-59-61-63-65-67-69-71-73-77(81)78-75(74-79)76(80)72-70-68-66-64-62-60-58-56-54-52-50-48-46-44-42-36-34-32-30-28-26-24-22-20-18-16-14-12-10-8-6-4-2/h5,7,11,13,17,19,23,25,29,31,35,37,39-40,43,45,49,51,70,72,75-76,79-80H,3-4,6,8-10,12,14-16,18,20-22,24,26-28,30,32-34,36,38,41-42,44,46-48,50,52-69,71,73-74H2,1-2H3,(H,78,81)/b7-5-,13-11-,19-17-,25-23-,31-29-,37-35-,40-39-,45-43-,51-49-,72-70+. The van der Waals surface area contributed by atoms with Crippen LogP contribution in [0.25, 0.3) is 0 Å². The number of amides is 1. The quantitative estimate of drug-likeness (QED) is 0.0420. The number of carbonyl (C=O) groups is 1. The number of rotatable bonds is 64. The van der Waals surface area contributed by atoms with Gasteiger partial charge < -0.3 is 15.5 Å². The molecule has 0 aliphatic rings. The first-order chi connectivity index (χ1) is 40.2. The van der Waals surface area contributed by atoms with Crippen molar-refractivity contribution in [3.63, 3.8) is 0 Å². The maximum Gasteiger partial charge on any atom is 0.220 e. The van der Waals surface area contributed by atoms with Gasteiger partial charge in [0.05, 0.1) is 18.8 Å². The fraction of sp³-hybridized carbons (Fsp3) is 0.727. The van der Waals surface area contributed by atoms with E-state index in [1.54, 1.807) is 6.08 Å². The Morgan fingerprint density at radius 2 is 0.543 bits per heavy atom. The lowest BCUT2D eigenvalue weighted by Crippen LogP contribution is -2.45. The monoisotopic (exact) mass is 1120 g/mol. The first-order valence-electron chi connectivity index (χ1n) is 35.2. The molecule has 0 rings (SSSR count). The molecule has 4 heteroatoms. The van der Waals surface area contributed by atoms with Crippen molar-refractivity contribution in [2.45, 2.75) is 353 Å². The highest BCUT2D eigenvalue weighted by molar-refractivity contribution is 5.76. The number of allylic oxidation sites excluding steroid dienone is 19. The van der Waals surface area contributed by atoms with Crippen molar-refractivity contribution < 1.29 is 15.0 Å². The predicted octanol–water partition coefficient (Wildman–Crippen LogP) is 24.3. The Morgan fingerprint density at radius 3 is 0.815 bits per heavy atom. The van der Waals surface area contributed by atoms with E-state index < -0.39 is 12.1 Å². The summed E-state index contributed by atoms with van der Waals surface area (Å²) in [7, 11) is 0. The fourth-order valence-corrected chi connectivity index (χ4v) is 10.4. The highest BCUT2D eigenvalue weighted by Gasteiger charge is 2.18. The van der Waals surface area contributed by atoms with E-state index in [2.05, 4.69) is 129 Å². The number of aliphatic hydroxyl groups excluding tert-OH is 2. The first-order valence-corrected chi connectivity index (χ1v) is 35.2. The van der Waals surface area contributed by atoms with Crippen molar-refractivity contribution in [1.82, 2.24) is 5.32 Å². The SMILES string of the molecule is CC/C=C\C/C=C\C/C=C\C/C=C\C/C=C\C/C=C\C/C=C\C/C=C\C/C=C\CCCCCCCCCCCC(=O)NC(CO)C(O)/C=C/CCCCCCCCCCCCCCCCCCCCCCCCCCCCCCCC. The minimum Gasteiger partial charge on any atom is -0.394 e. The molecule has 0 spiro atoms. The Kier molecular flexibility index (Phi) is 68.2. The van der Waals surface area contributed by atoms with Crippen LogP contribution < -0.4 is 5.32 Å². The predicted molar refractivity (Wildman–Crippen MR) is 363 cm³/mol. The molecule has 2 unspecified atom stereocenters. The molecule has 4 nitrogen and oxygen atoms in total. The normalized spacial score (nSPS) is 13.5. The average Bonchev–Trinajstić information content (AvgIpc) is 3.47. The van der Waals surface area contributed by atoms with Crippen molar-refractivity contribution in [2.24, 2.45) is 0 Å². The van der Waals surface area contributed by atoms with Gasteiger partial charge in [-0.05, 0) is 89.9 Å². The molecule has 0 fully saturated rings. The second-order valence-corrected chi connectivity index (χ2v) is 23.6. The van der Waals surface area contributed by atoms with E-state index in [0.29, 0.717) is 6.42 Å². The number of hydrogen-bond donors (Lipinski definition) is 3. The van der Waals surface area contributed by atoms with Crippen LogP contribution in [0, 0.1) is 0 Å². The number of hydrogen-bond acceptors (Lipinski definition) is 3. The lowest BCUT2D eigenvalue weighted by atomic mass is 10.0. The smallest absolute Gasteiger partial charge is 0.220 e. The molecule has 0 aromatic heterocycles. The van der Waals surface area contributed by atoms with Crippen LogP contribution in [0.3, 0.4) is 0 Å². The molecule has 2 atom stereocenters. The third-order valence-electron chi connectivity index (χ3n) is 15.7. The zero-order chi connectivity index (χ0) is 58.4. The van der Waals surface area contributed by atoms with Gasteiger partial charge in [0.15, 0.2) is 0 Å². The van der Waals surface area contributed by atoms with E-state index in [-0.39, 0.29) is 12.5 Å². The molecule has 1 amide bonds. The van der Waals surface area contributed by atoms with Crippen molar-refractivity contribution in [3.05, 3.63) is 122 Å². The van der Waals surface area contributed by atoms with Crippen LogP contribution in [0.5, 0.6) is 0 Å². The molecule has 0 aliphatic carbocycles. The maximum atomic E-state index is 12.5. The van der Waals surface area contributed by atoms with Gasteiger partial charge in [0, 0.05) is 6.42 Å². The molecular weight excluding hydrogens is 987 g/mol. The van der Waals surface area contributed by atoms with Crippen LogP contribution in [0.1, 0.15) is 341 Å². The Hall–Kier alpha value is -3.21. The second-order valence-electron chi connectivity index (χ2n) is 23.6. The van der Waals surface area contributed by atoms with Crippen LogP contribution >= 0.6 is 0 Å². The van der Waals surface area contributed by atoms with Gasteiger partial charge in [-0.3, -0.25) is 4.79 Å². The summed E-state index contributed by atoms with van der Waals surface area (Å²) in [5.74, 6) is -0.0711. The molecule has 0 saturated carbocycles. The van der Waals surface area contributed by atoms with Crippen LogP contribution in [0.4, 0.5) is 0 Å². The minimum absolute atomic E-state index is 0.0711. The number of carbonyl (C=O) groups excluding carboxylic acids is 1. The number of nitrogens with one attached hydrogen (secondary N) is 1. The summed E-state index contributed by atoms with van der Waals surface area (Å²) < 4.78 is 0. The maximum absolute atomic E-state index is 12.5. The van der Waals surface area contributed by atoms with Gasteiger partial charge in [-0.2, -0.15) is 0 Å². The fourth-order valence-electron chi connectivity index (χ4n) is 10.4. The Morgan fingerprint density at radius 1 is 0.309 bits per heavy atom. The third-order valence-corrected chi connectivity index (χ3v) is 15.7. The van der Waals surface area contributed by atoms with E-state index in [1.165, 1.54) is 231 Å². The van der Waals surface area contributed by atoms with Crippen molar-refractivity contribution in [3.8, 4) is 0 Å². The van der Waals surface area contributed by atoms with Crippen molar-refractivity contribution in [1.29, 1.82) is 0 Å². The molecule has 0 aromatic rings. The lowest BCUT2D eigenvalue weighted by molar-refractivity contribution is -0.123. The number of unbranched alkanes of at least 4 members (excludes halogenated alkanes) is 39. The van der Waals surface area contributed by atoms with E-state index in [4.69, 9.17) is 0 Å². The van der Waals surface area contributed by atoms with Crippen LogP contribution in [0.2, 0.25) is 0 Å². The lowest BCUT2D eigenvalue weighted by Gasteiger charge is -2.20. The zero-order valence-corrected chi connectivity index (χ0v) is 53.8. The summed E-state index contributed by atoms with van der Waals surface area (Å²) >= 11 is 0. The highest BCUT2D eigenvalue weighted by Crippen LogP contribution is 2.18. The first kappa shape index (κ1) is 77.8. The van der Waals surface area contributed by atoms with Gasteiger partial charge in [-0.25, -0.2) is 0 Å². The van der Waals surface area contributed by atoms with Gasteiger partial charge in [-0.15, -0.1) is 0 Å². The van der Waals surface area contributed by atoms with Crippen LogP contribution in [-0.4, -0.2) is 34.9 Å². The van der Waals surface area contributed by atoms with E-state index >= 15 is 0 Å². The Balaban J connectivity index is 3.54. The summed E-state index contributed by atoms with van der Waals surface area (Å²) in [6.07, 6.45) is 108. The molecule has 0 saturated heterocycles. The summed E-state index contributed by atoms with van der Waals surface area (Å²) in [5.41, 5.74) is 0. The van der Waals surface area contributed by atoms with Gasteiger partial charge >= 0.3 is 0 Å². The number of aliphatic hydroxyl groups is 2. The topological polar surface area (TPSA) is 69.6 Å². The minimum atomic E-state index is -0.852. The van der Waals surface area contributed by atoms with Crippen LogP contribution in [-0.2, 0) is 4.79 Å². The molecule has 0 radical (unpaired) electrons. The molecule has 0 aromatic carbocycles. The van der Waals surface area contributed by atoms with Crippen molar-refractivity contribution in [2.75, 3.05) is 6.61 Å².